The molecule has 0 fully saturated rings. The normalized spacial score (nSPS) is 10.5. The maximum absolute atomic E-state index is 12.2. The summed E-state index contributed by atoms with van der Waals surface area (Å²) in [5.74, 6) is 0.447. The van der Waals surface area contributed by atoms with Gasteiger partial charge in [0.25, 0.3) is 5.91 Å². The van der Waals surface area contributed by atoms with E-state index in [0.29, 0.717) is 18.0 Å². The highest BCUT2D eigenvalue weighted by Gasteiger charge is 2.07. The molecule has 0 radical (unpaired) electrons. The monoisotopic (exact) mass is 396 g/mol. The van der Waals surface area contributed by atoms with Crippen molar-refractivity contribution in [3.63, 3.8) is 0 Å². The van der Waals surface area contributed by atoms with Crippen molar-refractivity contribution < 1.29 is 14.3 Å². The minimum atomic E-state index is -0.576. The van der Waals surface area contributed by atoms with Gasteiger partial charge in [0.05, 0.1) is 18.0 Å². The molecular formula is C20H20N4O3S. The Kier molecular flexibility index (Phi) is 6.33. The molecule has 3 rings (SSSR count). The molecule has 0 unspecified atom stereocenters. The van der Waals surface area contributed by atoms with E-state index in [1.807, 2.05) is 31.2 Å². The molecule has 7 nitrogen and oxygen atoms in total. The molecule has 0 bridgehead atoms. The summed E-state index contributed by atoms with van der Waals surface area (Å²) in [6.07, 6.45) is 1.65. The summed E-state index contributed by atoms with van der Waals surface area (Å²) in [7, 11) is 0. The number of hydrogen-bond donors (Lipinski definition) is 2. The number of carbonyl (C=O) groups excluding carboxylic acids is 2. The zero-order valence-electron chi connectivity index (χ0n) is 15.3. The molecule has 0 aliphatic carbocycles. The number of anilines is 1. The van der Waals surface area contributed by atoms with E-state index < -0.39 is 5.91 Å². The molecule has 0 spiro atoms. The highest BCUT2D eigenvalue weighted by Crippen LogP contribution is 2.22. The van der Waals surface area contributed by atoms with E-state index in [4.69, 9.17) is 10.5 Å². The number of primary amides is 1. The maximum atomic E-state index is 12.2. The summed E-state index contributed by atoms with van der Waals surface area (Å²) in [4.78, 5) is 24.3. The van der Waals surface area contributed by atoms with Crippen molar-refractivity contribution in [1.29, 1.82) is 0 Å². The molecule has 0 saturated carbocycles. The van der Waals surface area contributed by atoms with Crippen molar-refractivity contribution in [2.24, 2.45) is 5.73 Å². The molecule has 0 aliphatic heterocycles. The van der Waals surface area contributed by atoms with Gasteiger partial charge < -0.3 is 15.8 Å². The van der Waals surface area contributed by atoms with Gasteiger partial charge in [-0.3, -0.25) is 9.59 Å². The molecule has 0 atom stereocenters. The number of aromatic nitrogens is 2. The van der Waals surface area contributed by atoms with E-state index in [9.17, 15) is 9.59 Å². The smallest absolute Gasteiger partial charge is 0.269 e. The highest BCUT2D eigenvalue weighted by molar-refractivity contribution is 8.00. The number of carbonyl (C=O) groups is 2. The van der Waals surface area contributed by atoms with Gasteiger partial charge in [-0.1, -0.05) is 0 Å². The fraction of sp³-hybridized carbons (Fsp3) is 0.150. The maximum Gasteiger partial charge on any atom is 0.269 e. The number of benzene rings is 2. The molecule has 28 heavy (non-hydrogen) atoms. The first kappa shape index (κ1) is 19.5. The fourth-order valence-electron chi connectivity index (χ4n) is 2.44. The van der Waals surface area contributed by atoms with Crippen LogP contribution in [0.3, 0.4) is 0 Å². The number of thioether (sulfide) groups is 1. The molecule has 0 aliphatic rings. The quantitative estimate of drug-likeness (QED) is 0.570. The lowest BCUT2D eigenvalue weighted by Gasteiger charge is -2.07. The second-order valence-electron chi connectivity index (χ2n) is 5.80. The van der Waals surface area contributed by atoms with Gasteiger partial charge in [-0.15, -0.1) is 11.8 Å². The number of ether oxygens (including phenoxy) is 1. The average Bonchev–Trinajstić information content (AvgIpc) is 3.19. The Labute approximate surface area is 166 Å². The molecule has 2 aromatic carbocycles. The Morgan fingerprint density at radius 1 is 1.11 bits per heavy atom. The lowest BCUT2D eigenvalue weighted by atomic mass is 10.3. The highest BCUT2D eigenvalue weighted by atomic mass is 32.2. The Morgan fingerprint density at radius 2 is 1.82 bits per heavy atom. The summed E-state index contributed by atoms with van der Waals surface area (Å²) >= 11 is 1.45. The Morgan fingerprint density at radius 3 is 2.43 bits per heavy atom. The van der Waals surface area contributed by atoms with E-state index in [2.05, 4.69) is 10.4 Å². The summed E-state index contributed by atoms with van der Waals surface area (Å²) in [6, 6.07) is 16.4. The standard InChI is InChI=1S/C20H20N4O3S/c1-2-27-16-7-9-17(10-8-16)28-13-19(25)22-14-3-5-15(6-4-14)24-12-11-18(23-24)20(21)26/h3-12H,2,13H2,1H3,(H2,21,26)(H,22,25). The van der Waals surface area contributed by atoms with Crippen LogP contribution in [-0.2, 0) is 4.79 Å². The van der Waals surface area contributed by atoms with Crippen molar-refractivity contribution >= 4 is 29.3 Å². The Hall–Kier alpha value is -3.26. The van der Waals surface area contributed by atoms with Crippen LogP contribution in [0.5, 0.6) is 5.75 Å². The zero-order chi connectivity index (χ0) is 19.9. The van der Waals surface area contributed by atoms with Crippen LogP contribution in [0, 0.1) is 0 Å². The van der Waals surface area contributed by atoms with Gasteiger partial charge in [0, 0.05) is 16.8 Å². The van der Waals surface area contributed by atoms with Crippen LogP contribution in [-0.4, -0.2) is 34.0 Å². The molecule has 144 valence electrons. The fourth-order valence-corrected chi connectivity index (χ4v) is 3.14. The number of amides is 2. The van der Waals surface area contributed by atoms with Crippen LogP contribution < -0.4 is 15.8 Å². The summed E-state index contributed by atoms with van der Waals surface area (Å²) in [6.45, 7) is 2.56. The van der Waals surface area contributed by atoms with Gasteiger partial charge in [-0.25, -0.2) is 4.68 Å². The third-order valence-corrected chi connectivity index (χ3v) is 4.77. The van der Waals surface area contributed by atoms with E-state index in [-0.39, 0.29) is 11.6 Å². The molecule has 1 heterocycles. The minimum Gasteiger partial charge on any atom is -0.494 e. The molecular weight excluding hydrogens is 376 g/mol. The van der Waals surface area contributed by atoms with Crippen molar-refractivity contribution in [3.05, 3.63) is 66.5 Å². The molecule has 8 heteroatoms. The predicted molar refractivity (Wildman–Crippen MR) is 109 cm³/mol. The van der Waals surface area contributed by atoms with Gasteiger partial charge in [-0.05, 0) is 61.5 Å². The van der Waals surface area contributed by atoms with Crippen molar-refractivity contribution in [2.45, 2.75) is 11.8 Å². The van der Waals surface area contributed by atoms with Crippen molar-refractivity contribution in [3.8, 4) is 11.4 Å². The first-order valence-electron chi connectivity index (χ1n) is 8.66. The second kappa shape index (κ2) is 9.09. The number of nitrogens with zero attached hydrogens (tertiary/aromatic N) is 2. The van der Waals surface area contributed by atoms with E-state index >= 15 is 0 Å². The first-order valence-corrected chi connectivity index (χ1v) is 9.65. The van der Waals surface area contributed by atoms with Crippen LogP contribution in [0.15, 0.2) is 65.7 Å². The van der Waals surface area contributed by atoms with Crippen LogP contribution in [0.1, 0.15) is 17.4 Å². The lowest BCUT2D eigenvalue weighted by molar-refractivity contribution is -0.113. The number of nitrogens with two attached hydrogens (primary N) is 1. The second-order valence-corrected chi connectivity index (χ2v) is 6.85. The molecule has 0 saturated heterocycles. The average molecular weight is 396 g/mol. The number of rotatable bonds is 8. The molecule has 3 N–H and O–H groups in total. The predicted octanol–water partition coefficient (Wildman–Crippen LogP) is 3.10. The van der Waals surface area contributed by atoms with Crippen molar-refractivity contribution in [2.75, 3.05) is 17.7 Å². The third-order valence-electron chi connectivity index (χ3n) is 3.76. The topological polar surface area (TPSA) is 99.2 Å². The van der Waals surface area contributed by atoms with E-state index in [1.165, 1.54) is 11.8 Å². The van der Waals surface area contributed by atoms with E-state index in [0.717, 1.165) is 16.3 Å². The van der Waals surface area contributed by atoms with Gasteiger partial charge in [-0.2, -0.15) is 5.10 Å². The molecule has 3 aromatic rings. The first-order chi connectivity index (χ1) is 13.5. The van der Waals surface area contributed by atoms with Crippen LogP contribution in [0.2, 0.25) is 0 Å². The zero-order valence-corrected chi connectivity index (χ0v) is 16.1. The van der Waals surface area contributed by atoms with Gasteiger partial charge >= 0.3 is 0 Å². The van der Waals surface area contributed by atoms with Crippen molar-refractivity contribution in [1.82, 2.24) is 9.78 Å². The summed E-state index contributed by atoms with van der Waals surface area (Å²) in [5, 5.41) is 6.95. The molecule has 2 amide bonds. The minimum absolute atomic E-state index is 0.0956. The van der Waals surface area contributed by atoms with Crippen LogP contribution in [0.25, 0.3) is 5.69 Å². The van der Waals surface area contributed by atoms with Crippen LogP contribution in [0.4, 0.5) is 5.69 Å². The Bertz CT molecular complexity index is 952. The van der Waals surface area contributed by atoms with Gasteiger partial charge in [0.15, 0.2) is 0 Å². The number of hydrogen-bond acceptors (Lipinski definition) is 5. The Balaban J connectivity index is 1.53. The molecule has 1 aromatic heterocycles. The SMILES string of the molecule is CCOc1ccc(SCC(=O)Nc2ccc(-n3ccc(C(N)=O)n3)cc2)cc1. The lowest BCUT2D eigenvalue weighted by Crippen LogP contribution is -2.14. The third kappa shape index (κ3) is 5.14. The summed E-state index contributed by atoms with van der Waals surface area (Å²) in [5.41, 5.74) is 6.85. The van der Waals surface area contributed by atoms with Gasteiger partial charge in [0.2, 0.25) is 5.91 Å². The largest absolute Gasteiger partial charge is 0.494 e. The van der Waals surface area contributed by atoms with Gasteiger partial charge in [0.1, 0.15) is 11.4 Å². The number of nitrogens with one attached hydrogen (secondary N) is 1. The summed E-state index contributed by atoms with van der Waals surface area (Å²) < 4.78 is 6.95. The van der Waals surface area contributed by atoms with E-state index in [1.54, 1.807) is 41.2 Å². The van der Waals surface area contributed by atoms with Crippen LogP contribution >= 0.6 is 11.8 Å².